The van der Waals surface area contributed by atoms with E-state index in [2.05, 4.69) is 67.8 Å². The maximum atomic E-state index is 13.0. The predicted octanol–water partition coefficient (Wildman–Crippen LogP) is 20.0. The largest absolute Gasteiger partial charge is 0.472 e. The van der Waals surface area contributed by atoms with E-state index in [0.717, 1.165) is 64.2 Å². The Labute approximate surface area is 466 Å². The van der Waals surface area contributed by atoms with Crippen molar-refractivity contribution in [3.05, 3.63) is 60.8 Å². The van der Waals surface area contributed by atoms with E-state index in [4.69, 9.17) is 9.05 Å². The number of nitrogens with one attached hydrogen (secondary N) is 1. The maximum Gasteiger partial charge on any atom is 0.472 e. The van der Waals surface area contributed by atoms with Crippen LogP contribution in [0, 0.1) is 0 Å². The molecule has 0 spiro atoms. The van der Waals surface area contributed by atoms with Crippen LogP contribution in [0.5, 0.6) is 0 Å². The molecule has 0 rings (SSSR count). The number of phosphoric acid groups is 1. The van der Waals surface area contributed by atoms with Crippen molar-refractivity contribution in [3.8, 4) is 0 Å². The number of rotatable bonds is 59. The first-order valence-corrected chi connectivity index (χ1v) is 33.7. The van der Waals surface area contributed by atoms with Crippen molar-refractivity contribution in [2.24, 2.45) is 0 Å². The molecule has 0 aliphatic heterocycles. The molecule has 0 aliphatic carbocycles. The summed E-state index contributed by atoms with van der Waals surface area (Å²) in [5.74, 6) is -0.175. The van der Waals surface area contributed by atoms with E-state index in [1.807, 2.05) is 27.2 Å². The van der Waals surface area contributed by atoms with Gasteiger partial charge in [-0.2, -0.15) is 0 Å². The zero-order chi connectivity index (χ0) is 54.9. The van der Waals surface area contributed by atoms with Crippen molar-refractivity contribution in [2.75, 3.05) is 40.9 Å². The molecule has 75 heavy (non-hydrogen) atoms. The summed E-state index contributed by atoms with van der Waals surface area (Å²) >= 11 is 0. The van der Waals surface area contributed by atoms with Gasteiger partial charge in [-0.05, 0) is 57.8 Å². The summed E-state index contributed by atoms with van der Waals surface area (Å²) in [6, 6.07) is -0.850. The van der Waals surface area contributed by atoms with Crippen LogP contribution in [0.4, 0.5) is 0 Å². The molecule has 0 radical (unpaired) electrons. The molecule has 440 valence electrons. The molecule has 0 aliphatic rings. The van der Waals surface area contributed by atoms with E-state index in [1.54, 1.807) is 6.08 Å². The fourth-order valence-corrected chi connectivity index (χ4v) is 10.2. The quantitative estimate of drug-likeness (QED) is 0.0243. The van der Waals surface area contributed by atoms with E-state index >= 15 is 0 Å². The van der Waals surface area contributed by atoms with Crippen LogP contribution < -0.4 is 5.32 Å². The Kier molecular flexibility index (Phi) is 55.5. The van der Waals surface area contributed by atoms with E-state index in [0.29, 0.717) is 17.4 Å². The molecule has 0 fully saturated rings. The first-order valence-electron chi connectivity index (χ1n) is 32.2. The molecule has 0 heterocycles. The summed E-state index contributed by atoms with van der Waals surface area (Å²) < 4.78 is 23.8. The van der Waals surface area contributed by atoms with E-state index in [1.165, 1.54) is 218 Å². The number of carbonyl (C=O) groups excluding carboxylic acids is 1. The summed E-state index contributed by atoms with van der Waals surface area (Å²) in [5, 5.41) is 14.0. The number of unbranched alkanes of at least 4 members (excludes halogenated alkanes) is 38. The number of quaternary nitrogens is 1. The van der Waals surface area contributed by atoms with Gasteiger partial charge in [-0.15, -0.1) is 0 Å². The van der Waals surface area contributed by atoms with Crippen molar-refractivity contribution in [1.82, 2.24) is 5.32 Å². The highest BCUT2D eigenvalue weighted by Crippen LogP contribution is 2.43. The zero-order valence-corrected chi connectivity index (χ0v) is 51.2. The molecule has 0 aromatic carbocycles. The molecule has 3 atom stereocenters. The van der Waals surface area contributed by atoms with Crippen LogP contribution in [0.1, 0.15) is 303 Å². The first kappa shape index (κ1) is 73.2. The number of carbonyl (C=O) groups is 1. The van der Waals surface area contributed by atoms with Crippen LogP contribution in [0.3, 0.4) is 0 Å². The van der Waals surface area contributed by atoms with Gasteiger partial charge in [-0.25, -0.2) is 4.57 Å². The molecule has 0 aromatic rings. The second-order valence-electron chi connectivity index (χ2n) is 23.1. The van der Waals surface area contributed by atoms with Crippen LogP contribution in [0.15, 0.2) is 60.8 Å². The summed E-state index contributed by atoms with van der Waals surface area (Å²) in [6.45, 7) is 4.74. The molecule has 0 saturated heterocycles. The standard InChI is InChI=1S/C66H125N2O6P/c1-6-8-10-12-14-16-18-20-22-24-26-28-30-32-34-36-38-40-42-44-46-48-50-52-54-56-58-60-66(70)67-64(63-74-75(71,72)73-62-61-68(3,4)5)65(69)59-57-55-53-51-49-47-45-43-41-39-37-35-33-31-29-27-25-23-21-19-17-15-13-11-9-7-2/h8,10,14,16,20,22,26,28,57,59,64-65,69H,6-7,9,11-13,15,17-19,21,23-25,27,29-56,58,60-63H2,1-5H3,(H-,67,70,71,72)/p+1/b10-8-,16-14-,22-20-,28-26-,59-57+. The van der Waals surface area contributed by atoms with Crippen molar-refractivity contribution in [3.63, 3.8) is 0 Å². The smallest absolute Gasteiger partial charge is 0.387 e. The minimum atomic E-state index is -4.35. The fourth-order valence-electron chi connectivity index (χ4n) is 9.51. The number of hydrogen-bond donors (Lipinski definition) is 3. The lowest BCUT2D eigenvalue weighted by Crippen LogP contribution is -2.45. The monoisotopic (exact) mass is 1070 g/mol. The SMILES string of the molecule is CC/C=C\C/C=C\C/C=C\C/C=C\CCCCCCCCCCCCCCCCC(=O)NC(COP(=O)(O)OCC[N+](C)(C)C)C(O)/C=C/CCCCCCCCCCCCCCCCCCCCCCCCCC. The first-order chi connectivity index (χ1) is 36.5. The van der Waals surface area contributed by atoms with Crippen molar-refractivity contribution < 1.29 is 32.9 Å². The number of allylic oxidation sites excluding steroid dienone is 9. The lowest BCUT2D eigenvalue weighted by Gasteiger charge is -2.25. The number of amides is 1. The molecule has 0 saturated carbocycles. The van der Waals surface area contributed by atoms with Crippen molar-refractivity contribution >= 4 is 13.7 Å². The highest BCUT2D eigenvalue weighted by molar-refractivity contribution is 7.47. The minimum Gasteiger partial charge on any atom is -0.387 e. The minimum absolute atomic E-state index is 0.0608. The van der Waals surface area contributed by atoms with E-state index in [-0.39, 0.29) is 19.1 Å². The topological polar surface area (TPSA) is 105 Å². The average Bonchev–Trinajstić information content (AvgIpc) is 3.37. The number of phosphoric ester groups is 1. The lowest BCUT2D eigenvalue weighted by molar-refractivity contribution is -0.870. The number of aliphatic hydroxyl groups excluding tert-OH is 1. The van der Waals surface area contributed by atoms with Crippen LogP contribution in [0.25, 0.3) is 0 Å². The molecule has 3 N–H and O–H groups in total. The highest BCUT2D eigenvalue weighted by atomic mass is 31.2. The maximum absolute atomic E-state index is 13.0. The highest BCUT2D eigenvalue weighted by Gasteiger charge is 2.28. The van der Waals surface area contributed by atoms with Gasteiger partial charge in [0.15, 0.2) is 0 Å². The fraction of sp³-hybridized carbons (Fsp3) is 0.833. The number of likely N-dealkylation sites (N-methyl/N-ethyl adjacent to an activating group) is 1. The van der Waals surface area contributed by atoms with Gasteiger partial charge in [0.2, 0.25) is 5.91 Å². The van der Waals surface area contributed by atoms with Gasteiger partial charge in [0.25, 0.3) is 0 Å². The Balaban J connectivity index is 4.13. The molecular formula is C66H126N2O6P+. The predicted molar refractivity (Wildman–Crippen MR) is 327 cm³/mol. The molecular weight excluding hydrogens is 948 g/mol. The number of nitrogens with zero attached hydrogens (tertiary/aromatic N) is 1. The summed E-state index contributed by atoms with van der Waals surface area (Å²) in [5.41, 5.74) is 0. The van der Waals surface area contributed by atoms with Crippen molar-refractivity contribution in [2.45, 2.75) is 315 Å². The van der Waals surface area contributed by atoms with Crippen LogP contribution in [-0.4, -0.2) is 73.4 Å². The molecule has 0 aromatic heterocycles. The van der Waals surface area contributed by atoms with E-state index in [9.17, 15) is 19.4 Å². The third-order valence-electron chi connectivity index (χ3n) is 14.5. The van der Waals surface area contributed by atoms with Gasteiger partial charge < -0.3 is 19.8 Å². The second-order valence-corrected chi connectivity index (χ2v) is 24.6. The molecule has 0 bridgehead atoms. The van der Waals surface area contributed by atoms with Gasteiger partial charge in [0.05, 0.1) is 39.9 Å². The Morgan fingerprint density at radius 2 is 0.800 bits per heavy atom. The van der Waals surface area contributed by atoms with Crippen molar-refractivity contribution in [1.29, 1.82) is 0 Å². The summed E-state index contributed by atoms with van der Waals surface area (Å²) in [6.07, 6.45) is 77.7. The van der Waals surface area contributed by atoms with Gasteiger partial charge in [-0.1, -0.05) is 299 Å². The Hall–Kier alpha value is -1.80. The molecule has 1 amide bonds. The third-order valence-corrected chi connectivity index (χ3v) is 15.5. The van der Waals surface area contributed by atoms with Gasteiger partial charge in [0, 0.05) is 6.42 Å². The van der Waals surface area contributed by atoms with Crippen LogP contribution >= 0.6 is 7.82 Å². The van der Waals surface area contributed by atoms with Gasteiger partial charge in [-0.3, -0.25) is 13.8 Å². The van der Waals surface area contributed by atoms with Crippen LogP contribution in [-0.2, 0) is 18.4 Å². The average molecular weight is 1070 g/mol. The van der Waals surface area contributed by atoms with Crippen LogP contribution in [0.2, 0.25) is 0 Å². The zero-order valence-electron chi connectivity index (χ0n) is 50.3. The summed E-state index contributed by atoms with van der Waals surface area (Å²) in [4.78, 5) is 23.4. The number of hydrogen-bond acceptors (Lipinski definition) is 5. The normalized spacial score (nSPS) is 14.2. The second kappa shape index (κ2) is 56.9. The Morgan fingerprint density at radius 3 is 1.17 bits per heavy atom. The molecule has 9 heteroatoms. The van der Waals surface area contributed by atoms with Gasteiger partial charge in [0.1, 0.15) is 13.2 Å². The summed E-state index contributed by atoms with van der Waals surface area (Å²) in [7, 11) is 1.58. The third kappa shape index (κ3) is 59.7. The molecule has 3 unspecified atom stereocenters. The number of aliphatic hydroxyl groups is 1. The Bertz CT molecular complexity index is 1400. The van der Waals surface area contributed by atoms with E-state index < -0.39 is 20.0 Å². The van der Waals surface area contributed by atoms with Gasteiger partial charge >= 0.3 is 7.82 Å². The molecule has 8 nitrogen and oxygen atoms in total. The Morgan fingerprint density at radius 1 is 0.467 bits per heavy atom. The lowest BCUT2D eigenvalue weighted by atomic mass is 10.0.